The van der Waals surface area contributed by atoms with Gasteiger partial charge in [0.1, 0.15) is 0 Å². The largest absolute Gasteiger partial charge is 0.396 e. The number of aryl methyl sites for hydroxylation is 1. The van der Waals surface area contributed by atoms with Gasteiger partial charge in [0, 0.05) is 48.2 Å². The van der Waals surface area contributed by atoms with Gasteiger partial charge in [-0.1, -0.05) is 60.7 Å². The molecule has 0 unspecified atom stereocenters. The average Bonchev–Trinajstić information content (AvgIpc) is 3.70. The van der Waals surface area contributed by atoms with E-state index in [-0.39, 0.29) is 24.6 Å². The highest BCUT2D eigenvalue weighted by molar-refractivity contribution is 6.72. The summed E-state index contributed by atoms with van der Waals surface area (Å²) in [5.74, 6) is -0.625. The number of hydrogen-bond acceptors (Lipinski definition) is 7. The third-order valence-corrected chi connectivity index (χ3v) is 12.1. The number of aliphatic hydroxyl groups excluding tert-OH is 1. The molecule has 4 heterocycles. The maximum Gasteiger partial charge on any atom is 0.279 e. The van der Waals surface area contributed by atoms with Crippen LogP contribution in [0.25, 0.3) is 16.5 Å². The first kappa shape index (κ1) is 31.1. The van der Waals surface area contributed by atoms with Crippen molar-refractivity contribution < 1.29 is 18.7 Å². The number of ether oxygens (including phenoxy) is 1. The van der Waals surface area contributed by atoms with Crippen molar-refractivity contribution in [1.82, 2.24) is 24.8 Å². The van der Waals surface area contributed by atoms with Crippen molar-refractivity contribution in [2.75, 3.05) is 11.5 Å². The number of halogens is 1. The van der Waals surface area contributed by atoms with Crippen molar-refractivity contribution in [3.8, 4) is 5.69 Å². The minimum Gasteiger partial charge on any atom is -0.396 e. The molecule has 1 saturated heterocycles. The van der Waals surface area contributed by atoms with E-state index in [1.165, 1.54) is 4.68 Å². The van der Waals surface area contributed by atoms with Gasteiger partial charge in [0.15, 0.2) is 5.60 Å². The van der Waals surface area contributed by atoms with E-state index in [0.717, 1.165) is 22.2 Å². The van der Waals surface area contributed by atoms with Crippen molar-refractivity contribution in [1.29, 1.82) is 0 Å². The molecule has 1 N–H and O–H groups in total. The Morgan fingerprint density at radius 3 is 2.64 bits per heavy atom. The second kappa shape index (κ2) is 11.9. The van der Waals surface area contributed by atoms with Crippen LogP contribution in [0.2, 0.25) is 18.6 Å². The van der Waals surface area contributed by atoms with Crippen LogP contribution in [0.1, 0.15) is 30.2 Å². The Kier molecular flexibility index (Phi) is 7.89. The van der Waals surface area contributed by atoms with Gasteiger partial charge in [-0.3, -0.25) is 14.3 Å². The number of aromatic nitrogens is 5. The lowest BCUT2D eigenvalue weighted by Gasteiger charge is -2.31. The van der Waals surface area contributed by atoms with E-state index in [4.69, 9.17) is 4.74 Å². The number of hydrogen-bond donors (Lipinski definition) is 1. The Bertz CT molecular complexity index is 2030. The summed E-state index contributed by atoms with van der Waals surface area (Å²) >= 11 is 0. The topological polar surface area (TPSA) is 115 Å². The molecule has 1 amide bonds. The fraction of sp³-hybridized carbons (Fsp3) is 0.343. The molecular formula is C35H37FN6O4Si. The average molecular weight is 653 g/mol. The van der Waals surface area contributed by atoms with E-state index in [9.17, 15) is 14.7 Å². The number of anilines is 1. The predicted octanol–water partition coefficient (Wildman–Crippen LogP) is 4.92. The minimum atomic E-state index is -3.32. The van der Waals surface area contributed by atoms with Gasteiger partial charge in [0.25, 0.3) is 11.5 Å². The number of rotatable bonds is 9. The molecule has 1 fully saturated rings. The number of carbonyl (C=O) groups excluding carboxylic acids is 1. The van der Waals surface area contributed by atoms with Crippen LogP contribution >= 0.6 is 0 Å². The van der Waals surface area contributed by atoms with Crippen LogP contribution in [0.4, 0.5) is 9.80 Å². The molecule has 1 spiro atoms. The molecule has 2 aliphatic heterocycles. The van der Waals surface area contributed by atoms with Gasteiger partial charge in [-0.2, -0.15) is 9.78 Å². The van der Waals surface area contributed by atoms with Crippen molar-refractivity contribution in [2.24, 2.45) is 5.92 Å². The zero-order valence-corrected chi connectivity index (χ0v) is 27.6. The Hall–Kier alpha value is -4.52. The molecule has 0 aliphatic carbocycles. The minimum absolute atomic E-state index is 0.0185. The Morgan fingerprint density at radius 2 is 1.83 bits per heavy atom. The molecule has 3 aromatic carbocycles. The standard InChI is InChI=1S/C35H37FN6O4Si/c1-23-32(47(2,3)36)31(15-17-40-22-26(16-18-43)38-39-40)46-35(23)29-13-6-7-14-30(29)41(34(35)45)21-24-9-8-11-27(19-24)42-33(44)28-12-5-4-10-25(28)20-37-42/h4-14,19-20,22-23,31-32,43H,15-18,21H2,1-3H3/t23-,31+,32-,35+/m0/s1. The molecule has 2 aromatic heterocycles. The number of fused-ring (bicyclic) bond motifs is 3. The second-order valence-corrected chi connectivity index (χ2v) is 16.8. The summed E-state index contributed by atoms with van der Waals surface area (Å²) in [5, 5.41) is 23.3. The molecule has 2 aliphatic rings. The molecule has 0 saturated carbocycles. The number of carbonyl (C=O) groups is 1. The van der Waals surface area contributed by atoms with Crippen LogP contribution in [-0.4, -0.2) is 56.9 Å². The summed E-state index contributed by atoms with van der Waals surface area (Å²) in [6.07, 6.45) is 3.82. The van der Waals surface area contributed by atoms with Crippen LogP contribution in [0.5, 0.6) is 0 Å². The molecule has 47 heavy (non-hydrogen) atoms. The summed E-state index contributed by atoms with van der Waals surface area (Å²) in [4.78, 5) is 29.7. The molecule has 10 nitrogen and oxygen atoms in total. The summed E-state index contributed by atoms with van der Waals surface area (Å²) in [7, 11) is -3.32. The fourth-order valence-electron chi connectivity index (χ4n) is 7.61. The van der Waals surface area contributed by atoms with Crippen LogP contribution in [0, 0.1) is 5.92 Å². The van der Waals surface area contributed by atoms with E-state index in [2.05, 4.69) is 15.4 Å². The maximum atomic E-state index is 16.2. The monoisotopic (exact) mass is 652 g/mol. The Balaban J connectivity index is 1.20. The second-order valence-electron chi connectivity index (χ2n) is 13.0. The summed E-state index contributed by atoms with van der Waals surface area (Å²) in [6.45, 7) is 5.99. The number of nitrogens with zero attached hydrogens (tertiary/aromatic N) is 6. The third-order valence-electron chi connectivity index (χ3n) is 9.66. The lowest BCUT2D eigenvalue weighted by molar-refractivity contribution is -0.146. The van der Waals surface area contributed by atoms with Crippen LogP contribution < -0.4 is 10.5 Å². The quantitative estimate of drug-likeness (QED) is 0.178. The summed E-state index contributed by atoms with van der Waals surface area (Å²) in [5.41, 5.74) is 1.58. The van der Waals surface area contributed by atoms with E-state index in [1.54, 1.807) is 41.1 Å². The molecule has 4 atom stereocenters. The van der Waals surface area contributed by atoms with Gasteiger partial charge in [-0.25, -0.2) is 0 Å². The molecule has 7 rings (SSSR count). The molecule has 12 heteroatoms. The Morgan fingerprint density at radius 1 is 1.04 bits per heavy atom. The predicted molar refractivity (Wildman–Crippen MR) is 178 cm³/mol. The highest BCUT2D eigenvalue weighted by Crippen LogP contribution is 2.60. The summed E-state index contributed by atoms with van der Waals surface area (Å²) < 4.78 is 26.1. The third kappa shape index (κ3) is 5.30. The first-order valence-electron chi connectivity index (χ1n) is 16.0. The highest BCUT2D eigenvalue weighted by atomic mass is 28.4. The van der Waals surface area contributed by atoms with Gasteiger partial charge in [0.2, 0.25) is 8.41 Å². The zero-order valence-electron chi connectivity index (χ0n) is 26.6. The lowest BCUT2D eigenvalue weighted by atomic mass is 9.82. The van der Waals surface area contributed by atoms with Crippen LogP contribution in [-0.2, 0) is 34.6 Å². The number of para-hydroxylation sites is 1. The first-order chi connectivity index (χ1) is 22.6. The summed E-state index contributed by atoms with van der Waals surface area (Å²) in [6, 6.07) is 22.4. The number of amides is 1. The first-order valence-corrected chi connectivity index (χ1v) is 18.9. The Labute approximate surface area is 272 Å². The lowest BCUT2D eigenvalue weighted by Crippen LogP contribution is -2.45. The van der Waals surface area contributed by atoms with Crippen molar-refractivity contribution in [3.63, 3.8) is 0 Å². The number of benzene rings is 3. The zero-order chi connectivity index (χ0) is 32.9. The molecular weight excluding hydrogens is 616 g/mol. The fourth-order valence-corrected chi connectivity index (χ4v) is 10.2. The number of aliphatic hydroxyl groups is 1. The van der Waals surface area contributed by atoms with E-state index in [1.807, 2.05) is 73.7 Å². The van der Waals surface area contributed by atoms with Crippen molar-refractivity contribution in [3.05, 3.63) is 112 Å². The molecule has 242 valence electrons. The highest BCUT2D eigenvalue weighted by Gasteiger charge is 2.66. The van der Waals surface area contributed by atoms with Crippen LogP contribution in [0.15, 0.2) is 90.0 Å². The van der Waals surface area contributed by atoms with E-state index in [0.29, 0.717) is 36.2 Å². The van der Waals surface area contributed by atoms with Crippen LogP contribution in [0.3, 0.4) is 0 Å². The van der Waals surface area contributed by atoms with Crippen molar-refractivity contribution >= 4 is 30.8 Å². The molecule has 0 radical (unpaired) electrons. The van der Waals surface area contributed by atoms with E-state index < -0.39 is 31.6 Å². The van der Waals surface area contributed by atoms with Gasteiger partial charge in [-0.05, 0) is 49.3 Å². The molecule has 5 aromatic rings. The van der Waals surface area contributed by atoms with Crippen molar-refractivity contribution in [2.45, 2.75) is 63.2 Å². The van der Waals surface area contributed by atoms with Gasteiger partial charge >= 0.3 is 0 Å². The normalized spacial score (nSPS) is 22.4. The van der Waals surface area contributed by atoms with Gasteiger partial charge < -0.3 is 18.9 Å². The maximum absolute atomic E-state index is 16.2. The van der Waals surface area contributed by atoms with E-state index >= 15 is 4.11 Å². The van der Waals surface area contributed by atoms with Gasteiger partial charge in [0.05, 0.1) is 41.3 Å². The smallest absolute Gasteiger partial charge is 0.279 e. The van der Waals surface area contributed by atoms with Gasteiger partial charge in [-0.15, -0.1) is 5.10 Å². The SMILES string of the molecule is C[C@H]1[C@H]([Si](C)(C)F)[C@@H](CCn2cc(CCO)nn2)O[C@]12C(=O)N(Cc1cccc(-n3ncc4ccccc4c3=O)c1)c1ccccc12. The molecule has 0 bridgehead atoms.